The summed E-state index contributed by atoms with van der Waals surface area (Å²) in [6.45, 7) is 4.31. The van der Waals surface area contributed by atoms with Gasteiger partial charge in [-0.05, 0) is 30.3 Å². The Morgan fingerprint density at radius 2 is 1.70 bits per heavy atom. The van der Waals surface area contributed by atoms with Gasteiger partial charge in [0.1, 0.15) is 0 Å². The van der Waals surface area contributed by atoms with Crippen LogP contribution < -0.4 is 10.7 Å². The molecular formula is C19H19ClN4O3. The summed E-state index contributed by atoms with van der Waals surface area (Å²) in [5.41, 5.74) is 0.784. The minimum absolute atomic E-state index is 0.480. The van der Waals surface area contributed by atoms with E-state index < -0.39 is 5.82 Å². The summed E-state index contributed by atoms with van der Waals surface area (Å²) in [7, 11) is 0. The van der Waals surface area contributed by atoms with Gasteiger partial charge in [-0.2, -0.15) is 0 Å². The number of nitrogens with zero attached hydrogens (tertiary/aromatic N) is 4. The molecule has 0 radical (unpaired) electrons. The molecule has 1 aliphatic heterocycles. The molecule has 3 aromatic rings. The standard InChI is InChI=1S/C19H19ClN4O3/c20-15-4-2-14(3-5-15)17-16(26-19(25)27-17)6-9-23-10-12-24(13-11-23)18-21-7-1-8-22-18/h1-5,7-8H,6,9-13H2. The molecule has 0 amide bonds. The lowest BCUT2D eigenvalue weighted by atomic mass is 10.1. The summed E-state index contributed by atoms with van der Waals surface area (Å²) in [4.78, 5) is 24.7. The van der Waals surface area contributed by atoms with Gasteiger partial charge in [0.25, 0.3) is 0 Å². The summed E-state index contributed by atoms with van der Waals surface area (Å²) in [5.74, 6) is 1.13. The average molecular weight is 387 g/mol. The van der Waals surface area contributed by atoms with Crippen LogP contribution in [0.5, 0.6) is 0 Å². The fraction of sp³-hybridized carbons (Fsp3) is 0.316. The molecule has 0 bridgehead atoms. The molecule has 0 spiro atoms. The van der Waals surface area contributed by atoms with Crippen molar-refractivity contribution in [3.05, 3.63) is 64.1 Å². The molecule has 0 unspecified atom stereocenters. The molecule has 140 valence electrons. The summed E-state index contributed by atoms with van der Waals surface area (Å²) in [6, 6.07) is 8.98. The SMILES string of the molecule is O=c1oc(CCN2CCN(c3ncccn3)CC2)c(-c2ccc(Cl)cc2)o1. The van der Waals surface area contributed by atoms with E-state index in [1.165, 1.54) is 0 Å². The van der Waals surface area contributed by atoms with Crippen LogP contribution in [0.3, 0.4) is 0 Å². The molecule has 1 aliphatic rings. The van der Waals surface area contributed by atoms with Crippen molar-refractivity contribution >= 4 is 17.5 Å². The van der Waals surface area contributed by atoms with Crippen LogP contribution in [0, 0.1) is 0 Å². The number of rotatable bonds is 5. The monoisotopic (exact) mass is 386 g/mol. The second-order valence-electron chi connectivity index (χ2n) is 6.34. The second kappa shape index (κ2) is 7.94. The van der Waals surface area contributed by atoms with Crippen LogP contribution in [-0.2, 0) is 6.42 Å². The molecule has 1 fully saturated rings. The molecule has 8 heteroatoms. The molecular weight excluding hydrogens is 368 g/mol. The number of halogens is 1. The Kier molecular flexibility index (Phi) is 5.22. The van der Waals surface area contributed by atoms with Gasteiger partial charge in [-0.25, -0.2) is 14.8 Å². The molecule has 0 saturated carbocycles. The first kappa shape index (κ1) is 17.8. The molecule has 3 heterocycles. The smallest absolute Gasteiger partial charge is 0.395 e. The van der Waals surface area contributed by atoms with E-state index in [-0.39, 0.29) is 0 Å². The Labute approximate surface area is 161 Å². The van der Waals surface area contributed by atoms with Crippen molar-refractivity contribution in [2.75, 3.05) is 37.6 Å². The van der Waals surface area contributed by atoms with Gasteiger partial charge in [0, 0.05) is 62.1 Å². The third kappa shape index (κ3) is 4.20. The molecule has 0 N–H and O–H groups in total. The maximum atomic E-state index is 11.6. The molecule has 1 aromatic carbocycles. The lowest BCUT2D eigenvalue weighted by Gasteiger charge is -2.34. The minimum Gasteiger partial charge on any atom is -0.395 e. The quantitative estimate of drug-likeness (QED) is 0.667. The first-order valence-electron chi connectivity index (χ1n) is 8.82. The van der Waals surface area contributed by atoms with Crippen LogP contribution in [-0.4, -0.2) is 47.6 Å². The van der Waals surface area contributed by atoms with Gasteiger partial charge < -0.3 is 13.7 Å². The van der Waals surface area contributed by atoms with E-state index in [1.807, 2.05) is 18.2 Å². The van der Waals surface area contributed by atoms with E-state index in [0.717, 1.165) is 44.2 Å². The Balaban J connectivity index is 1.37. The number of anilines is 1. The molecule has 2 aromatic heterocycles. The van der Waals surface area contributed by atoms with Gasteiger partial charge in [-0.15, -0.1) is 0 Å². The normalized spacial score (nSPS) is 15.2. The fourth-order valence-electron chi connectivity index (χ4n) is 3.18. The Bertz CT molecular complexity index is 932. The summed E-state index contributed by atoms with van der Waals surface area (Å²) in [5, 5.41) is 0.631. The Morgan fingerprint density at radius 3 is 2.41 bits per heavy atom. The summed E-state index contributed by atoms with van der Waals surface area (Å²) in [6.07, 6.45) is 4.12. The molecule has 4 rings (SSSR count). The van der Waals surface area contributed by atoms with Gasteiger partial charge in [0.2, 0.25) is 5.95 Å². The predicted molar refractivity (Wildman–Crippen MR) is 102 cm³/mol. The number of benzene rings is 1. The number of hydrogen-bond acceptors (Lipinski definition) is 7. The number of aromatic nitrogens is 2. The van der Waals surface area contributed by atoms with Crippen LogP contribution >= 0.6 is 11.6 Å². The van der Waals surface area contributed by atoms with E-state index in [2.05, 4.69) is 19.8 Å². The van der Waals surface area contributed by atoms with Crippen LogP contribution in [0.15, 0.2) is 56.4 Å². The lowest BCUT2D eigenvalue weighted by molar-refractivity contribution is 0.253. The molecule has 7 nitrogen and oxygen atoms in total. The zero-order chi connectivity index (χ0) is 18.6. The van der Waals surface area contributed by atoms with Crippen LogP contribution in [0.2, 0.25) is 5.02 Å². The van der Waals surface area contributed by atoms with Gasteiger partial charge in [0.15, 0.2) is 11.5 Å². The highest BCUT2D eigenvalue weighted by Crippen LogP contribution is 2.25. The predicted octanol–water partition coefficient (Wildman–Crippen LogP) is 2.71. The van der Waals surface area contributed by atoms with E-state index in [1.54, 1.807) is 24.5 Å². The average Bonchev–Trinajstić information content (AvgIpc) is 3.08. The zero-order valence-electron chi connectivity index (χ0n) is 14.7. The van der Waals surface area contributed by atoms with Crippen molar-refractivity contribution in [1.29, 1.82) is 0 Å². The lowest BCUT2D eigenvalue weighted by Crippen LogP contribution is -2.47. The van der Waals surface area contributed by atoms with Crippen LogP contribution in [0.25, 0.3) is 11.3 Å². The van der Waals surface area contributed by atoms with Gasteiger partial charge in [-0.3, -0.25) is 4.90 Å². The van der Waals surface area contributed by atoms with Crippen molar-refractivity contribution in [2.24, 2.45) is 0 Å². The van der Waals surface area contributed by atoms with Gasteiger partial charge in [0.05, 0.1) is 0 Å². The van der Waals surface area contributed by atoms with Crippen molar-refractivity contribution in [2.45, 2.75) is 6.42 Å². The first-order chi connectivity index (χ1) is 13.2. The fourth-order valence-corrected chi connectivity index (χ4v) is 3.31. The second-order valence-corrected chi connectivity index (χ2v) is 6.78. The van der Waals surface area contributed by atoms with Crippen molar-refractivity contribution < 1.29 is 8.83 Å². The van der Waals surface area contributed by atoms with Crippen molar-refractivity contribution in [3.63, 3.8) is 0 Å². The topological polar surface area (TPSA) is 75.6 Å². The summed E-state index contributed by atoms with van der Waals surface area (Å²) < 4.78 is 10.5. The third-order valence-corrected chi connectivity index (χ3v) is 4.87. The van der Waals surface area contributed by atoms with Crippen molar-refractivity contribution in [3.8, 4) is 11.3 Å². The van der Waals surface area contributed by atoms with E-state index in [4.69, 9.17) is 20.4 Å². The molecule has 0 atom stereocenters. The molecule has 1 saturated heterocycles. The maximum absolute atomic E-state index is 11.6. The largest absolute Gasteiger partial charge is 0.519 e. The summed E-state index contributed by atoms with van der Waals surface area (Å²) >= 11 is 5.93. The van der Waals surface area contributed by atoms with Crippen molar-refractivity contribution in [1.82, 2.24) is 14.9 Å². The Morgan fingerprint density at radius 1 is 1.00 bits per heavy atom. The maximum Gasteiger partial charge on any atom is 0.519 e. The minimum atomic E-state index is -0.680. The van der Waals surface area contributed by atoms with Gasteiger partial charge in [-0.1, -0.05) is 11.6 Å². The first-order valence-corrected chi connectivity index (χ1v) is 9.20. The molecule has 0 aliphatic carbocycles. The highest BCUT2D eigenvalue weighted by Gasteiger charge is 2.21. The van der Waals surface area contributed by atoms with Crippen LogP contribution in [0.1, 0.15) is 5.76 Å². The number of hydrogen-bond donors (Lipinski definition) is 0. The third-order valence-electron chi connectivity index (χ3n) is 4.61. The molecule has 27 heavy (non-hydrogen) atoms. The van der Waals surface area contributed by atoms with E-state index in [9.17, 15) is 4.79 Å². The number of piperazine rings is 1. The zero-order valence-corrected chi connectivity index (χ0v) is 15.4. The van der Waals surface area contributed by atoms with E-state index in [0.29, 0.717) is 23.0 Å². The van der Waals surface area contributed by atoms with Gasteiger partial charge >= 0.3 is 5.82 Å². The highest BCUT2D eigenvalue weighted by molar-refractivity contribution is 6.30. The highest BCUT2D eigenvalue weighted by atomic mass is 35.5. The van der Waals surface area contributed by atoms with Crippen LogP contribution in [0.4, 0.5) is 5.95 Å². The Hall–Kier alpha value is -2.64. The van der Waals surface area contributed by atoms with E-state index >= 15 is 0 Å².